The summed E-state index contributed by atoms with van der Waals surface area (Å²) < 4.78 is 10.3. The summed E-state index contributed by atoms with van der Waals surface area (Å²) in [5.41, 5.74) is 1.13. The van der Waals surface area contributed by atoms with Crippen LogP contribution in [0.25, 0.3) is 0 Å². The number of para-hydroxylation sites is 1. The molecule has 2 amide bonds. The second-order valence-electron chi connectivity index (χ2n) is 8.53. The van der Waals surface area contributed by atoms with Gasteiger partial charge in [-0.2, -0.15) is 0 Å². The second-order valence-corrected chi connectivity index (χ2v) is 8.53. The Hall–Kier alpha value is -3.35. The molecule has 0 saturated heterocycles. The zero-order chi connectivity index (χ0) is 25.3. The van der Waals surface area contributed by atoms with Crippen LogP contribution in [0.2, 0.25) is 0 Å². The summed E-state index contributed by atoms with van der Waals surface area (Å²) in [6.07, 6.45) is 11.0. The fraction of sp³-hybridized carbons (Fsp3) is 0.464. The van der Waals surface area contributed by atoms with Gasteiger partial charge in [0.15, 0.2) is 6.61 Å². The summed E-state index contributed by atoms with van der Waals surface area (Å²) in [6.45, 7) is 1.77. The second kappa shape index (κ2) is 16.3. The summed E-state index contributed by atoms with van der Waals surface area (Å²) >= 11 is 0. The molecule has 7 heteroatoms. The summed E-state index contributed by atoms with van der Waals surface area (Å²) in [6, 6.07) is 13.5. The van der Waals surface area contributed by atoms with Gasteiger partial charge < -0.3 is 20.1 Å². The topological polar surface area (TPSA) is 93.7 Å². The number of methoxy groups -OCH3 is 1. The number of rotatable bonds is 16. The van der Waals surface area contributed by atoms with E-state index in [1.54, 1.807) is 48.5 Å². The third-order valence-corrected chi connectivity index (χ3v) is 5.62. The summed E-state index contributed by atoms with van der Waals surface area (Å²) in [7, 11) is 1.54. The van der Waals surface area contributed by atoms with Gasteiger partial charge in [0.25, 0.3) is 5.91 Å². The minimum atomic E-state index is -0.676. The first kappa shape index (κ1) is 27.9. The van der Waals surface area contributed by atoms with Gasteiger partial charge in [0.2, 0.25) is 5.91 Å². The van der Waals surface area contributed by atoms with Crippen LogP contribution in [0.15, 0.2) is 48.5 Å². The molecule has 2 aromatic carbocycles. The molecule has 35 heavy (non-hydrogen) atoms. The van der Waals surface area contributed by atoms with E-state index in [9.17, 15) is 14.4 Å². The van der Waals surface area contributed by atoms with Crippen LogP contribution in [0.1, 0.15) is 81.5 Å². The molecule has 7 nitrogen and oxygen atoms in total. The molecule has 0 unspecified atom stereocenters. The molecule has 0 radical (unpaired) electrons. The van der Waals surface area contributed by atoms with Crippen LogP contribution in [0.4, 0.5) is 11.4 Å². The van der Waals surface area contributed by atoms with Crippen LogP contribution in [0, 0.1) is 0 Å². The number of ether oxygens (including phenoxy) is 2. The van der Waals surface area contributed by atoms with E-state index < -0.39 is 18.5 Å². The van der Waals surface area contributed by atoms with Crippen molar-refractivity contribution < 1.29 is 23.9 Å². The lowest BCUT2D eigenvalue weighted by molar-refractivity contribution is -0.119. The monoisotopic (exact) mass is 482 g/mol. The van der Waals surface area contributed by atoms with E-state index in [2.05, 4.69) is 17.6 Å². The van der Waals surface area contributed by atoms with E-state index in [-0.39, 0.29) is 11.5 Å². The maximum atomic E-state index is 12.6. The van der Waals surface area contributed by atoms with Crippen molar-refractivity contribution in [3.8, 4) is 5.75 Å². The van der Waals surface area contributed by atoms with E-state index in [1.807, 2.05) is 0 Å². The lowest BCUT2D eigenvalue weighted by Crippen LogP contribution is -2.22. The Kier molecular flexibility index (Phi) is 13.0. The first-order chi connectivity index (χ1) is 17.0. The number of amides is 2. The van der Waals surface area contributed by atoms with E-state index in [0.717, 1.165) is 19.3 Å². The van der Waals surface area contributed by atoms with Gasteiger partial charge in [-0.1, -0.05) is 76.5 Å². The molecule has 2 rings (SSSR count). The molecule has 0 heterocycles. The van der Waals surface area contributed by atoms with Gasteiger partial charge in [-0.25, -0.2) is 4.79 Å². The first-order valence-corrected chi connectivity index (χ1v) is 12.5. The van der Waals surface area contributed by atoms with Gasteiger partial charge >= 0.3 is 5.97 Å². The molecule has 0 atom stereocenters. The maximum Gasteiger partial charge on any atom is 0.340 e. The third-order valence-electron chi connectivity index (χ3n) is 5.62. The highest BCUT2D eigenvalue weighted by Gasteiger charge is 2.16. The minimum Gasteiger partial charge on any atom is -0.497 e. The van der Waals surface area contributed by atoms with Crippen molar-refractivity contribution >= 4 is 29.2 Å². The van der Waals surface area contributed by atoms with Crippen molar-refractivity contribution in [3.63, 3.8) is 0 Å². The predicted molar refractivity (Wildman–Crippen MR) is 139 cm³/mol. The van der Waals surface area contributed by atoms with Gasteiger partial charge in [-0.3, -0.25) is 9.59 Å². The molecule has 0 bridgehead atoms. The fourth-order valence-electron chi connectivity index (χ4n) is 3.69. The van der Waals surface area contributed by atoms with E-state index in [1.165, 1.54) is 45.6 Å². The molecular formula is C28H38N2O5. The lowest BCUT2D eigenvalue weighted by Gasteiger charge is -2.11. The van der Waals surface area contributed by atoms with Crippen molar-refractivity contribution in [3.05, 3.63) is 54.1 Å². The number of anilines is 2. The van der Waals surface area contributed by atoms with Crippen molar-refractivity contribution in [1.82, 2.24) is 0 Å². The fourth-order valence-corrected chi connectivity index (χ4v) is 3.69. The number of unbranched alkanes of at least 4 members (excludes halogenated alkanes) is 8. The molecule has 0 aromatic heterocycles. The van der Waals surface area contributed by atoms with Gasteiger partial charge in [0, 0.05) is 18.2 Å². The van der Waals surface area contributed by atoms with E-state index in [4.69, 9.17) is 9.47 Å². The quantitative estimate of drug-likeness (QED) is 0.215. The van der Waals surface area contributed by atoms with Gasteiger partial charge in [-0.05, 0) is 30.7 Å². The van der Waals surface area contributed by atoms with Crippen molar-refractivity contribution in [2.24, 2.45) is 0 Å². The minimum absolute atomic E-state index is 0.135. The SMILES string of the molecule is CCCCCCCCCCCC(=O)Nc1ccccc1C(=O)OCC(=O)Nc1cccc(OC)c1. The molecule has 0 spiro atoms. The molecule has 2 N–H and O–H groups in total. The zero-order valence-corrected chi connectivity index (χ0v) is 20.9. The molecule has 0 aliphatic carbocycles. The summed E-state index contributed by atoms with van der Waals surface area (Å²) in [4.78, 5) is 37.1. The maximum absolute atomic E-state index is 12.6. The van der Waals surface area contributed by atoms with Crippen LogP contribution < -0.4 is 15.4 Å². The molecule has 0 fully saturated rings. The molecule has 2 aromatic rings. The van der Waals surface area contributed by atoms with Crippen LogP contribution in [-0.4, -0.2) is 31.5 Å². The van der Waals surface area contributed by atoms with E-state index in [0.29, 0.717) is 23.5 Å². The van der Waals surface area contributed by atoms with Gasteiger partial charge in [0.1, 0.15) is 5.75 Å². The van der Waals surface area contributed by atoms with Gasteiger partial charge in [-0.15, -0.1) is 0 Å². The highest BCUT2D eigenvalue weighted by Crippen LogP contribution is 2.19. The molecule has 0 aliphatic heterocycles. The lowest BCUT2D eigenvalue weighted by atomic mass is 10.1. The number of carbonyl (C=O) groups excluding carboxylic acids is 3. The Balaban J connectivity index is 1.74. The number of esters is 1. The normalized spacial score (nSPS) is 10.5. The van der Waals surface area contributed by atoms with Crippen LogP contribution in [0.5, 0.6) is 5.75 Å². The zero-order valence-electron chi connectivity index (χ0n) is 20.9. The van der Waals surface area contributed by atoms with Crippen molar-refractivity contribution in [2.75, 3.05) is 24.4 Å². The van der Waals surface area contributed by atoms with E-state index >= 15 is 0 Å². The first-order valence-electron chi connectivity index (χ1n) is 12.5. The largest absolute Gasteiger partial charge is 0.497 e. The molecule has 0 aliphatic rings. The third kappa shape index (κ3) is 11.1. The Morgan fingerprint density at radius 3 is 2.17 bits per heavy atom. The average molecular weight is 483 g/mol. The highest BCUT2D eigenvalue weighted by molar-refractivity contribution is 6.02. The Labute approximate surface area is 208 Å². The molecular weight excluding hydrogens is 444 g/mol. The Bertz CT molecular complexity index is 944. The van der Waals surface area contributed by atoms with Crippen LogP contribution in [-0.2, 0) is 14.3 Å². The van der Waals surface area contributed by atoms with Crippen LogP contribution >= 0.6 is 0 Å². The Morgan fingerprint density at radius 1 is 0.771 bits per heavy atom. The summed E-state index contributed by atoms with van der Waals surface area (Å²) in [5, 5.41) is 5.46. The number of nitrogens with one attached hydrogen (secondary N) is 2. The smallest absolute Gasteiger partial charge is 0.340 e. The van der Waals surface area contributed by atoms with Gasteiger partial charge in [0.05, 0.1) is 18.4 Å². The number of hydrogen-bond acceptors (Lipinski definition) is 5. The van der Waals surface area contributed by atoms with Crippen molar-refractivity contribution in [2.45, 2.75) is 71.1 Å². The predicted octanol–water partition coefficient (Wildman–Crippen LogP) is 6.35. The molecule has 190 valence electrons. The Morgan fingerprint density at radius 2 is 1.46 bits per heavy atom. The summed E-state index contributed by atoms with van der Waals surface area (Å²) in [5.74, 6) is -0.681. The molecule has 0 saturated carbocycles. The highest BCUT2D eigenvalue weighted by atomic mass is 16.5. The van der Waals surface area contributed by atoms with Crippen molar-refractivity contribution in [1.29, 1.82) is 0 Å². The van der Waals surface area contributed by atoms with Crippen LogP contribution in [0.3, 0.4) is 0 Å². The number of hydrogen-bond donors (Lipinski definition) is 2. The number of benzene rings is 2. The standard InChI is InChI=1S/C28H38N2O5/c1-3-4-5-6-7-8-9-10-11-19-26(31)30-25-18-13-12-17-24(25)28(33)35-21-27(32)29-22-15-14-16-23(20-22)34-2/h12-18,20H,3-11,19,21H2,1-2H3,(H,29,32)(H,30,31). The number of carbonyl (C=O) groups is 3. The average Bonchev–Trinajstić information content (AvgIpc) is 2.86.